The standard InChI is InChI=1S/C9H11ClN2O6/c10-3-1-12(9(17)11-7(3)16)8-6(15)5(14)4(2-13)18-8/h1,4-6,8,13-15H,2H2,(H,11,16,17)/t4-,5+,6+,8-/m1/s1. The highest BCUT2D eigenvalue weighted by Crippen LogP contribution is 2.28. The zero-order chi connectivity index (χ0) is 13.4. The first-order chi connectivity index (χ1) is 8.45. The van der Waals surface area contributed by atoms with Crippen molar-refractivity contribution in [2.75, 3.05) is 6.61 Å². The van der Waals surface area contributed by atoms with E-state index in [0.29, 0.717) is 0 Å². The van der Waals surface area contributed by atoms with Gasteiger partial charge in [0, 0.05) is 6.20 Å². The smallest absolute Gasteiger partial charge is 0.330 e. The molecule has 0 aliphatic carbocycles. The number of nitrogens with zero attached hydrogens (tertiary/aromatic N) is 1. The molecule has 9 heteroatoms. The molecule has 0 amide bonds. The molecule has 8 nitrogen and oxygen atoms in total. The van der Waals surface area contributed by atoms with Gasteiger partial charge in [-0.3, -0.25) is 14.3 Å². The minimum absolute atomic E-state index is 0.257. The number of aliphatic hydroxyl groups excluding tert-OH is 3. The van der Waals surface area contributed by atoms with Crippen molar-refractivity contribution in [1.82, 2.24) is 9.55 Å². The normalized spacial score (nSPS) is 31.8. The first-order valence-electron chi connectivity index (χ1n) is 5.09. The van der Waals surface area contributed by atoms with Gasteiger partial charge in [0.2, 0.25) is 0 Å². The lowest BCUT2D eigenvalue weighted by Crippen LogP contribution is -2.38. The molecule has 1 aliphatic heterocycles. The van der Waals surface area contributed by atoms with Crippen molar-refractivity contribution in [1.29, 1.82) is 0 Å². The lowest BCUT2D eigenvalue weighted by atomic mass is 10.1. The third kappa shape index (κ3) is 2.08. The van der Waals surface area contributed by atoms with Gasteiger partial charge in [-0.05, 0) is 0 Å². The Morgan fingerprint density at radius 3 is 2.61 bits per heavy atom. The summed E-state index contributed by atoms with van der Waals surface area (Å²) in [7, 11) is 0. The molecule has 0 spiro atoms. The molecule has 0 unspecified atom stereocenters. The predicted molar refractivity (Wildman–Crippen MR) is 59.3 cm³/mol. The van der Waals surface area contributed by atoms with Gasteiger partial charge in [-0.25, -0.2) is 4.79 Å². The zero-order valence-corrected chi connectivity index (χ0v) is 9.74. The van der Waals surface area contributed by atoms with Gasteiger partial charge in [-0.15, -0.1) is 0 Å². The Kier molecular flexibility index (Phi) is 3.55. The average Bonchev–Trinajstić information content (AvgIpc) is 2.61. The van der Waals surface area contributed by atoms with E-state index in [1.165, 1.54) is 0 Å². The summed E-state index contributed by atoms with van der Waals surface area (Å²) < 4.78 is 5.98. The van der Waals surface area contributed by atoms with Gasteiger partial charge in [0.05, 0.1) is 6.61 Å². The van der Waals surface area contributed by atoms with E-state index in [9.17, 15) is 19.8 Å². The van der Waals surface area contributed by atoms with Crippen molar-refractivity contribution in [3.05, 3.63) is 32.1 Å². The number of hydrogen-bond acceptors (Lipinski definition) is 6. The number of aromatic nitrogens is 2. The molecule has 0 aromatic carbocycles. The summed E-state index contributed by atoms with van der Waals surface area (Å²) in [5, 5.41) is 27.9. The molecular formula is C9H11ClN2O6. The highest BCUT2D eigenvalue weighted by atomic mass is 35.5. The van der Waals surface area contributed by atoms with E-state index in [1.807, 2.05) is 4.98 Å². The molecule has 0 saturated carbocycles. The molecule has 4 atom stereocenters. The molecule has 100 valence electrons. The van der Waals surface area contributed by atoms with Crippen molar-refractivity contribution in [2.45, 2.75) is 24.5 Å². The van der Waals surface area contributed by atoms with E-state index in [-0.39, 0.29) is 5.02 Å². The van der Waals surface area contributed by atoms with E-state index in [2.05, 4.69) is 0 Å². The topological polar surface area (TPSA) is 125 Å². The molecule has 2 rings (SSSR count). The fourth-order valence-electron chi connectivity index (χ4n) is 1.76. The first kappa shape index (κ1) is 13.2. The first-order valence-corrected chi connectivity index (χ1v) is 5.47. The van der Waals surface area contributed by atoms with Crippen molar-refractivity contribution < 1.29 is 20.1 Å². The van der Waals surface area contributed by atoms with Crippen LogP contribution in [0.25, 0.3) is 0 Å². The minimum atomic E-state index is -1.41. The second kappa shape index (κ2) is 4.82. The van der Waals surface area contributed by atoms with E-state index in [0.717, 1.165) is 10.8 Å². The molecule has 4 N–H and O–H groups in total. The average molecular weight is 279 g/mol. The monoisotopic (exact) mass is 278 g/mol. The van der Waals surface area contributed by atoms with Crippen LogP contribution < -0.4 is 11.2 Å². The number of aliphatic hydroxyl groups is 3. The maximum atomic E-state index is 11.5. The van der Waals surface area contributed by atoms with Crippen molar-refractivity contribution in [3.63, 3.8) is 0 Å². The van der Waals surface area contributed by atoms with Crippen LogP contribution in [0.5, 0.6) is 0 Å². The van der Waals surface area contributed by atoms with Crippen molar-refractivity contribution >= 4 is 11.6 Å². The SMILES string of the molecule is O=c1[nH]c(=O)n([C@@H]2O[C@H](CO)[C@H](O)[C@@H]2O)cc1Cl. The molecule has 18 heavy (non-hydrogen) atoms. The Balaban J connectivity index is 2.42. The quantitative estimate of drug-likeness (QED) is 0.487. The number of ether oxygens (including phenoxy) is 1. The zero-order valence-electron chi connectivity index (χ0n) is 8.99. The molecule has 1 aromatic heterocycles. The minimum Gasteiger partial charge on any atom is -0.394 e. The Morgan fingerprint density at radius 2 is 2.06 bits per heavy atom. The van der Waals surface area contributed by atoms with Crippen LogP contribution in [0.1, 0.15) is 6.23 Å². The molecule has 1 aromatic rings. The van der Waals surface area contributed by atoms with E-state index in [4.69, 9.17) is 21.4 Å². The number of hydrogen-bond donors (Lipinski definition) is 4. The molecule has 0 bridgehead atoms. The Morgan fingerprint density at radius 1 is 1.39 bits per heavy atom. The fourth-order valence-corrected chi connectivity index (χ4v) is 1.91. The maximum absolute atomic E-state index is 11.5. The summed E-state index contributed by atoms with van der Waals surface area (Å²) in [5.74, 6) is 0. The van der Waals surface area contributed by atoms with E-state index < -0.39 is 42.4 Å². The van der Waals surface area contributed by atoms with Crippen molar-refractivity contribution in [3.8, 4) is 0 Å². The summed E-state index contributed by atoms with van der Waals surface area (Å²) in [4.78, 5) is 24.6. The van der Waals surface area contributed by atoms with Crippen LogP contribution in [0, 0.1) is 0 Å². The lowest BCUT2D eigenvalue weighted by Gasteiger charge is -2.17. The molecule has 0 radical (unpaired) electrons. The second-order valence-corrected chi connectivity index (χ2v) is 4.28. The summed E-state index contributed by atoms with van der Waals surface area (Å²) in [6.07, 6.45) is -3.98. The van der Waals surface area contributed by atoms with Gasteiger partial charge in [-0.2, -0.15) is 0 Å². The Hall–Kier alpha value is -1.19. The second-order valence-electron chi connectivity index (χ2n) is 3.87. The van der Waals surface area contributed by atoms with Gasteiger partial charge >= 0.3 is 5.69 Å². The van der Waals surface area contributed by atoms with Gasteiger partial charge < -0.3 is 20.1 Å². The largest absolute Gasteiger partial charge is 0.394 e. The van der Waals surface area contributed by atoms with Crippen molar-refractivity contribution in [2.24, 2.45) is 0 Å². The fraction of sp³-hybridized carbons (Fsp3) is 0.556. The molecule has 1 aliphatic rings. The van der Waals surface area contributed by atoms with Crippen LogP contribution in [0.4, 0.5) is 0 Å². The van der Waals surface area contributed by atoms with Crippen LogP contribution in [-0.2, 0) is 4.74 Å². The van der Waals surface area contributed by atoms with Crippen LogP contribution in [-0.4, -0.2) is 49.8 Å². The highest BCUT2D eigenvalue weighted by Gasteiger charge is 2.43. The van der Waals surface area contributed by atoms with Gasteiger partial charge in [-0.1, -0.05) is 11.6 Å². The summed E-state index contributed by atoms with van der Waals surface area (Å²) >= 11 is 5.57. The molecular weight excluding hydrogens is 268 g/mol. The van der Waals surface area contributed by atoms with Gasteiger partial charge in [0.25, 0.3) is 5.56 Å². The molecule has 2 heterocycles. The van der Waals surface area contributed by atoms with E-state index in [1.54, 1.807) is 0 Å². The third-order valence-electron chi connectivity index (χ3n) is 2.72. The lowest BCUT2D eigenvalue weighted by molar-refractivity contribution is -0.0550. The summed E-state index contributed by atoms with van der Waals surface area (Å²) in [6, 6.07) is 0. The number of nitrogens with one attached hydrogen (secondary N) is 1. The Bertz CT molecular complexity index is 555. The Labute approximate surface area is 105 Å². The number of halogens is 1. The summed E-state index contributed by atoms with van der Waals surface area (Å²) in [6.45, 7) is -0.513. The molecule has 1 fully saturated rings. The summed E-state index contributed by atoms with van der Waals surface area (Å²) in [5.41, 5.74) is -1.59. The van der Waals surface area contributed by atoms with Crippen LogP contribution >= 0.6 is 11.6 Å². The van der Waals surface area contributed by atoms with Crippen LogP contribution in [0.2, 0.25) is 5.02 Å². The van der Waals surface area contributed by atoms with E-state index >= 15 is 0 Å². The molecule has 1 saturated heterocycles. The number of aromatic amines is 1. The number of rotatable bonds is 2. The van der Waals surface area contributed by atoms with Gasteiger partial charge in [0.15, 0.2) is 6.23 Å². The highest BCUT2D eigenvalue weighted by molar-refractivity contribution is 6.30. The number of H-pyrrole nitrogens is 1. The van der Waals surface area contributed by atoms with Crippen LogP contribution in [0.15, 0.2) is 15.8 Å². The third-order valence-corrected chi connectivity index (χ3v) is 2.98. The predicted octanol–water partition coefficient (Wildman–Crippen LogP) is -2.20. The van der Waals surface area contributed by atoms with Crippen LogP contribution in [0.3, 0.4) is 0 Å². The maximum Gasteiger partial charge on any atom is 0.330 e. The van der Waals surface area contributed by atoms with Gasteiger partial charge in [0.1, 0.15) is 23.3 Å².